The van der Waals surface area contributed by atoms with Gasteiger partial charge in [0.2, 0.25) is 5.91 Å². The fourth-order valence-corrected chi connectivity index (χ4v) is 4.08. The number of benzene rings is 1. The molecule has 1 aromatic rings. The van der Waals surface area contributed by atoms with Crippen LogP contribution in [0.1, 0.15) is 37.0 Å². The van der Waals surface area contributed by atoms with Crippen molar-refractivity contribution in [3.8, 4) is 0 Å². The van der Waals surface area contributed by atoms with Crippen LogP contribution < -0.4 is 4.90 Å². The van der Waals surface area contributed by atoms with Crippen LogP contribution in [0.4, 0.5) is 11.4 Å². The van der Waals surface area contributed by atoms with E-state index in [0.717, 1.165) is 12.8 Å². The number of morpholine rings is 1. The second kappa shape index (κ2) is 9.88. The summed E-state index contributed by atoms with van der Waals surface area (Å²) >= 11 is 0. The van der Waals surface area contributed by atoms with E-state index in [9.17, 15) is 19.7 Å². The Morgan fingerprint density at radius 1 is 1.03 bits per heavy atom. The van der Waals surface area contributed by atoms with Crippen LogP contribution in [0.25, 0.3) is 0 Å². The number of hydrogen-bond acceptors (Lipinski definition) is 6. The molecule has 0 spiro atoms. The predicted octanol–water partition coefficient (Wildman–Crippen LogP) is 2.15. The van der Waals surface area contributed by atoms with Gasteiger partial charge < -0.3 is 19.4 Å². The van der Waals surface area contributed by atoms with Crippen molar-refractivity contribution in [1.29, 1.82) is 0 Å². The van der Waals surface area contributed by atoms with Gasteiger partial charge in [-0.05, 0) is 25.0 Å². The summed E-state index contributed by atoms with van der Waals surface area (Å²) in [4.78, 5) is 42.0. The third kappa shape index (κ3) is 4.72. The van der Waals surface area contributed by atoms with E-state index < -0.39 is 4.92 Å². The summed E-state index contributed by atoms with van der Waals surface area (Å²) < 4.78 is 5.26. The molecule has 0 radical (unpaired) electrons. The number of piperazine rings is 1. The number of amides is 2. The quantitative estimate of drug-likeness (QED) is 0.519. The summed E-state index contributed by atoms with van der Waals surface area (Å²) in [6.45, 7) is 8.12. The Hall–Kier alpha value is -2.68. The number of ether oxygens (including phenoxy) is 1. The maximum absolute atomic E-state index is 12.7. The molecule has 3 rings (SSSR count). The van der Waals surface area contributed by atoms with Crippen LogP contribution in [0.15, 0.2) is 18.2 Å². The zero-order chi connectivity index (χ0) is 21.7. The van der Waals surface area contributed by atoms with E-state index in [1.165, 1.54) is 6.07 Å². The molecule has 164 valence electrons. The molecule has 1 aromatic carbocycles. The average molecular weight is 418 g/mol. The van der Waals surface area contributed by atoms with Gasteiger partial charge in [0.1, 0.15) is 5.69 Å². The van der Waals surface area contributed by atoms with Crippen molar-refractivity contribution in [1.82, 2.24) is 9.80 Å². The Bertz CT molecular complexity index is 782. The zero-order valence-corrected chi connectivity index (χ0v) is 17.7. The number of nitro benzene ring substituents is 1. The van der Waals surface area contributed by atoms with E-state index in [0.29, 0.717) is 63.7 Å². The molecule has 9 nitrogen and oxygen atoms in total. The smallest absolute Gasteiger partial charge is 0.293 e. The topological polar surface area (TPSA) is 96.2 Å². The normalized spacial score (nSPS) is 17.4. The molecule has 0 aliphatic carbocycles. The minimum Gasteiger partial charge on any atom is -0.378 e. The molecule has 0 unspecified atom stereocenters. The van der Waals surface area contributed by atoms with Crippen molar-refractivity contribution in [3.05, 3.63) is 33.9 Å². The van der Waals surface area contributed by atoms with Crippen molar-refractivity contribution in [2.24, 2.45) is 5.92 Å². The number of anilines is 1. The van der Waals surface area contributed by atoms with E-state index in [4.69, 9.17) is 4.74 Å². The number of hydrogen-bond donors (Lipinski definition) is 0. The first-order valence-corrected chi connectivity index (χ1v) is 10.6. The number of carbonyl (C=O) groups is 2. The number of carbonyl (C=O) groups excluding carboxylic acids is 2. The van der Waals surface area contributed by atoms with Gasteiger partial charge in [0.15, 0.2) is 0 Å². The summed E-state index contributed by atoms with van der Waals surface area (Å²) in [5, 5.41) is 11.7. The lowest BCUT2D eigenvalue weighted by Gasteiger charge is -2.37. The van der Waals surface area contributed by atoms with Crippen molar-refractivity contribution < 1.29 is 19.2 Å². The molecule has 2 aliphatic rings. The summed E-state index contributed by atoms with van der Waals surface area (Å²) in [7, 11) is 0. The summed E-state index contributed by atoms with van der Waals surface area (Å²) in [6, 6.07) is 4.68. The molecule has 9 heteroatoms. The molecule has 0 atom stereocenters. The highest BCUT2D eigenvalue weighted by molar-refractivity contribution is 5.96. The molecule has 2 saturated heterocycles. The molecule has 30 heavy (non-hydrogen) atoms. The predicted molar refractivity (Wildman–Crippen MR) is 113 cm³/mol. The minimum absolute atomic E-state index is 0.0383. The lowest BCUT2D eigenvalue weighted by molar-refractivity contribution is -0.384. The summed E-state index contributed by atoms with van der Waals surface area (Å²) in [6.07, 6.45) is 1.64. The molecule has 0 bridgehead atoms. The minimum atomic E-state index is -0.437. The van der Waals surface area contributed by atoms with Crippen LogP contribution in [-0.4, -0.2) is 79.0 Å². The van der Waals surface area contributed by atoms with Gasteiger partial charge in [0.05, 0.1) is 18.1 Å². The summed E-state index contributed by atoms with van der Waals surface area (Å²) in [5.41, 5.74) is 0.733. The van der Waals surface area contributed by atoms with Gasteiger partial charge in [-0.25, -0.2) is 0 Å². The second-order valence-corrected chi connectivity index (χ2v) is 7.69. The SMILES string of the molecule is CCC(CC)C(=O)N1CCN(c2ccc(C(=O)N3CCOCC3)cc2[N+](=O)[O-])CC1. The Kier molecular flexibility index (Phi) is 7.25. The van der Waals surface area contributed by atoms with Crippen LogP contribution in [0, 0.1) is 16.0 Å². The standard InChI is InChI=1S/C21H30N4O5/c1-3-16(4-2)20(26)23-9-7-22(8-10-23)18-6-5-17(15-19(18)25(28)29)21(27)24-11-13-30-14-12-24/h5-6,15-16H,3-4,7-14H2,1-2H3. The number of nitro groups is 1. The Labute approximate surface area is 176 Å². The van der Waals surface area contributed by atoms with Crippen LogP contribution >= 0.6 is 0 Å². The second-order valence-electron chi connectivity index (χ2n) is 7.69. The van der Waals surface area contributed by atoms with Crippen LogP contribution in [0.2, 0.25) is 0 Å². The maximum atomic E-state index is 12.7. The molecular weight excluding hydrogens is 388 g/mol. The van der Waals surface area contributed by atoms with E-state index in [-0.39, 0.29) is 23.4 Å². The van der Waals surface area contributed by atoms with Crippen molar-refractivity contribution >= 4 is 23.2 Å². The number of rotatable bonds is 6. The van der Waals surface area contributed by atoms with Gasteiger partial charge in [0, 0.05) is 56.8 Å². The fourth-order valence-electron chi connectivity index (χ4n) is 4.08. The van der Waals surface area contributed by atoms with Crippen molar-refractivity contribution in [2.45, 2.75) is 26.7 Å². The van der Waals surface area contributed by atoms with E-state index in [1.807, 2.05) is 23.6 Å². The van der Waals surface area contributed by atoms with Gasteiger partial charge >= 0.3 is 0 Å². The van der Waals surface area contributed by atoms with Crippen LogP contribution in [0.5, 0.6) is 0 Å². The highest BCUT2D eigenvalue weighted by Crippen LogP contribution is 2.31. The number of nitrogens with zero attached hydrogens (tertiary/aromatic N) is 4. The first-order valence-electron chi connectivity index (χ1n) is 10.6. The third-order valence-corrected chi connectivity index (χ3v) is 5.98. The Morgan fingerprint density at radius 3 is 2.23 bits per heavy atom. The average Bonchev–Trinajstić information content (AvgIpc) is 2.79. The Balaban J connectivity index is 1.72. The molecule has 0 N–H and O–H groups in total. The highest BCUT2D eigenvalue weighted by Gasteiger charge is 2.29. The van der Waals surface area contributed by atoms with Gasteiger partial charge in [-0.1, -0.05) is 13.8 Å². The van der Waals surface area contributed by atoms with Crippen LogP contribution in [0.3, 0.4) is 0 Å². The molecule has 2 amide bonds. The molecular formula is C21H30N4O5. The molecule has 2 fully saturated rings. The molecule has 2 aliphatic heterocycles. The molecule has 0 saturated carbocycles. The third-order valence-electron chi connectivity index (χ3n) is 5.98. The lowest BCUT2D eigenvalue weighted by atomic mass is 10.0. The zero-order valence-electron chi connectivity index (χ0n) is 17.7. The van der Waals surface area contributed by atoms with Gasteiger partial charge in [-0.3, -0.25) is 19.7 Å². The summed E-state index contributed by atoms with van der Waals surface area (Å²) in [5.74, 6) is -0.00878. The highest BCUT2D eigenvalue weighted by atomic mass is 16.6. The van der Waals surface area contributed by atoms with E-state index in [1.54, 1.807) is 17.0 Å². The van der Waals surface area contributed by atoms with Gasteiger partial charge in [-0.2, -0.15) is 0 Å². The first-order chi connectivity index (χ1) is 14.5. The fraction of sp³-hybridized carbons (Fsp3) is 0.619. The van der Waals surface area contributed by atoms with Crippen molar-refractivity contribution in [3.63, 3.8) is 0 Å². The van der Waals surface area contributed by atoms with E-state index in [2.05, 4.69) is 0 Å². The molecule has 2 heterocycles. The van der Waals surface area contributed by atoms with Gasteiger partial charge in [-0.15, -0.1) is 0 Å². The van der Waals surface area contributed by atoms with E-state index >= 15 is 0 Å². The largest absolute Gasteiger partial charge is 0.378 e. The van der Waals surface area contributed by atoms with Gasteiger partial charge in [0.25, 0.3) is 11.6 Å². The van der Waals surface area contributed by atoms with Crippen LogP contribution in [-0.2, 0) is 9.53 Å². The lowest BCUT2D eigenvalue weighted by Crippen LogP contribution is -2.50. The Morgan fingerprint density at radius 2 is 1.67 bits per heavy atom. The van der Waals surface area contributed by atoms with Crippen molar-refractivity contribution in [2.75, 3.05) is 57.4 Å². The monoisotopic (exact) mass is 418 g/mol. The maximum Gasteiger partial charge on any atom is 0.293 e. The molecule has 0 aromatic heterocycles. The first kappa shape index (κ1) is 22.0.